The van der Waals surface area contributed by atoms with Crippen LogP contribution in [0.25, 0.3) is 0 Å². The van der Waals surface area contributed by atoms with Crippen LogP contribution in [-0.4, -0.2) is 71.3 Å². The van der Waals surface area contributed by atoms with Crippen molar-refractivity contribution >= 4 is 42.1 Å². The van der Waals surface area contributed by atoms with Crippen LogP contribution in [0.2, 0.25) is 18.6 Å². The van der Waals surface area contributed by atoms with Crippen LogP contribution < -0.4 is 19.7 Å². The number of carbonyl (C=O) groups is 2. The molecule has 3 aliphatic rings. The maximum Gasteiger partial charge on any atom is 0.269 e. The Hall–Kier alpha value is -5.70. The van der Waals surface area contributed by atoms with Crippen LogP contribution in [0.5, 0.6) is 5.75 Å². The van der Waals surface area contributed by atoms with Gasteiger partial charge in [-0.25, -0.2) is 0 Å². The Morgan fingerprint density at radius 1 is 1.03 bits per heavy atom. The van der Waals surface area contributed by atoms with E-state index in [0.717, 1.165) is 29.0 Å². The lowest BCUT2D eigenvalue weighted by atomic mass is 9.82. The Kier molecular flexibility index (Phi) is 10.5. The lowest BCUT2D eigenvalue weighted by Gasteiger charge is -2.37. The summed E-state index contributed by atoms with van der Waals surface area (Å²) < 4.78 is 14.5. The number of carbonyl (C=O) groups excluding carboxylic acids is 2. The number of hydrogen-bond acceptors (Lipinski definition) is 9. The average molecular weight is 801 g/mol. The highest BCUT2D eigenvalue weighted by Crippen LogP contribution is 2.60. The molecule has 5 atom stereocenters. The van der Waals surface area contributed by atoms with Crippen molar-refractivity contribution in [3.05, 3.63) is 136 Å². The zero-order valence-corrected chi connectivity index (χ0v) is 34.2. The van der Waals surface area contributed by atoms with Gasteiger partial charge in [-0.15, -0.1) is 5.10 Å². The molecule has 13 nitrogen and oxygen atoms in total. The summed E-state index contributed by atoms with van der Waals surface area (Å²) in [6, 6.07) is 30.1. The van der Waals surface area contributed by atoms with E-state index in [-0.39, 0.29) is 48.0 Å². The number of hydrogen-bond donors (Lipinski definition) is 1. The van der Waals surface area contributed by atoms with Gasteiger partial charge in [-0.1, -0.05) is 85.0 Å². The molecule has 1 spiro atoms. The van der Waals surface area contributed by atoms with Crippen molar-refractivity contribution in [3.63, 3.8) is 0 Å². The molecule has 8 rings (SSSR count). The van der Waals surface area contributed by atoms with Gasteiger partial charge >= 0.3 is 0 Å². The van der Waals surface area contributed by atoms with E-state index >= 15 is 4.79 Å². The summed E-state index contributed by atoms with van der Waals surface area (Å²) in [5, 5.41) is 32.6. The second-order valence-electron chi connectivity index (χ2n) is 16.2. The number of aliphatic hydroxyl groups excluding tert-OH is 1. The number of nitrogens with zero attached hydrogens (tertiary/aromatic N) is 6. The number of aliphatic hydroxyl groups is 1. The van der Waals surface area contributed by atoms with Crippen LogP contribution in [0.3, 0.4) is 0 Å². The van der Waals surface area contributed by atoms with Gasteiger partial charge in [0.2, 0.25) is 5.91 Å². The van der Waals surface area contributed by atoms with Gasteiger partial charge < -0.3 is 24.4 Å². The normalized spacial score (nSPS) is 22.2. The number of ether oxygens (including phenoxy) is 2. The van der Waals surface area contributed by atoms with E-state index in [1.165, 1.54) is 17.3 Å². The van der Waals surface area contributed by atoms with Gasteiger partial charge in [-0.2, -0.15) is 0 Å². The molecule has 58 heavy (non-hydrogen) atoms. The molecule has 4 aromatic carbocycles. The van der Waals surface area contributed by atoms with E-state index in [9.17, 15) is 20.0 Å². The molecular weight excluding hydrogens is 753 g/mol. The summed E-state index contributed by atoms with van der Waals surface area (Å²) in [7, 11) is -0.867. The minimum Gasteiger partial charge on any atom is -0.497 e. The number of nitro groups is 1. The highest BCUT2D eigenvalue weighted by molar-refractivity contribution is 6.91. The van der Waals surface area contributed by atoms with E-state index in [4.69, 9.17) is 9.47 Å². The minimum absolute atomic E-state index is 0.100. The first kappa shape index (κ1) is 39.1. The van der Waals surface area contributed by atoms with E-state index in [1.807, 2.05) is 72.9 Å². The summed E-state index contributed by atoms with van der Waals surface area (Å²) in [6.45, 7) is 7.87. The molecule has 14 heteroatoms. The lowest BCUT2D eigenvalue weighted by molar-refractivity contribution is -0.385. The monoisotopic (exact) mass is 800 g/mol. The van der Waals surface area contributed by atoms with Crippen molar-refractivity contribution in [3.8, 4) is 5.75 Å². The summed E-state index contributed by atoms with van der Waals surface area (Å²) in [5.41, 5.74) is 2.65. The molecule has 0 bridgehead atoms. The molecular formula is C44H48N6O7Si. The Bertz CT molecular complexity index is 2320. The standard InChI is InChI=1S/C44H48N6O7Si/c1-29-42(58(3,4)35-19-17-34(56-2)18-20-35)40(22-24-47-27-38(45-46-47)36(28-51)31-9-6-5-7-10-31)57-44(29)37-25-33(50(54)55)16-21-39(37)49(43(44)53)26-30-12-14-32(15-13-30)48-23-8-11-41(48)52/h5-7,9-10,12-21,25,27,29,36,40,42,51H,8,11,22-24,26,28H2,1-4H3/t29-,36?,40+,42-,44+/m0/s1. The fraction of sp³-hybridized carbons (Fsp3) is 0.364. The van der Waals surface area contributed by atoms with Crippen molar-refractivity contribution in [2.24, 2.45) is 5.92 Å². The zero-order valence-electron chi connectivity index (χ0n) is 33.2. The molecule has 4 heterocycles. The van der Waals surface area contributed by atoms with Crippen molar-refractivity contribution in [1.82, 2.24) is 15.0 Å². The van der Waals surface area contributed by atoms with Gasteiger partial charge in [-0.05, 0) is 59.8 Å². The zero-order chi connectivity index (χ0) is 40.8. The second-order valence-corrected chi connectivity index (χ2v) is 20.9. The first-order chi connectivity index (χ1) is 28.0. The van der Waals surface area contributed by atoms with Gasteiger partial charge in [0.25, 0.3) is 11.6 Å². The molecule has 0 aliphatic carbocycles. The number of benzene rings is 4. The van der Waals surface area contributed by atoms with E-state index in [0.29, 0.717) is 42.9 Å². The number of non-ortho nitro benzene ring substituents is 1. The first-order valence-electron chi connectivity index (χ1n) is 19.8. The van der Waals surface area contributed by atoms with Crippen molar-refractivity contribution < 1.29 is 29.1 Å². The van der Waals surface area contributed by atoms with Gasteiger partial charge in [0.1, 0.15) is 5.75 Å². The van der Waals surface area contributed by atoms with Crippen LogP contribution in [0, 0.1) is 16.0 Å². The Labute approximate surface area is 338 Å². The number of fused-ring (bicyclic) bond motifs is 2. The van der Waals surface area contributed by atoms with Crippen LogP contribution in [0.1, 0.15) is 54.5 Å². The van der Waals surface area contributed by atoms with Crippen molar-refractivity contribution in [2.45, 2.75) is 75.5 Å². The number of rotatable bonds is 13. The fourth-order valence-electron chi connectivity index (χ4n) is 9.62. The third-order valence-corrected chi connectivity index (χ3v) is 17.0. The molecule has 0 saturated carbocycles. The highest BCUT2D eigenvalue weighted by atomic mass is 28.3. The van der Waals surface area contributed by atoms with Gasteiger partial charge in [0.15, 0.2) is 5.60 Å². The number of methoxy groups -OCH3 is 1. The summed E-state index contributed by atoms with van der Waals surface area (Å²) in [6.07, 6.45) is 3.28. The molecule has 5 aromatic rings. The van der Waals surface area contributed by atoms with E-state index < -0.39 is 24.7 Å². The van der Waals surface area contributed by atoms with Crippen LogP contribution in [0.15, 0.2) is 103 Å². The second kappa shape index (κ2) is 15.6. The van der Waals surface area contributed by atoms with E-state index in [1.54, 1.807) is 27.7 Å². The Morgan fingerprint density at radius 2 is 1.78 bits per heavy atom. The van der Waals surface area contributed by atoms with Gasteiger partial charge in [-0.3, -0.25) is 24.4 Å². The molecule has 2 fully saturated rings. The smallest absolute Gasteiger partial charge is 0.269 e. The van der Waals surface area contributed by atoms with Gasteiger partial charge in [0.05, 0.1) is 56.7 Å². The number of anilines is 2. The number of aryl methyl sites for hydroxylation is 1. The maximum absolute atomic E-state index is 15.3. The van der Waals surface area contributed by atoms with Crippen LogP contribution in [0.4, 0.5) is 17.1 Å². The minimum atomic E-state index is -2.51. The average Bonchev–Trinajstić information content (AvgIpc) is 4.01. The molecule has 1 aromatic heterocycles. The Balaban J connectivity index is 1.16. The van der Waals surface area contributed by atoms with Crippen molar-refractivity contribution in [1.29, 1.82) is 0 Å². The molecule has 2 saturated heterocycles. The highest BCUT2D eigenvalue weighted by Gasteiger charge is 2.66. The number of amides is 2. The topological polar surface area (TPSA) is 153 Å². The summed E-state index contributed by atoms with van der Waals surface area (Å²) >= 11 is 0. The van der Waals surface area contributed by atoms with Gasteiger partial charge in [0, 0.05) is 55.0 Å². The molecule has 3 aliphatic heterocycles. The van der Waals surface area contributed by atoms with Crippen LogP contribution >= 0.6 is 0 Å². The first-order valence-corrected chi connectivity index (χ1v) is 22.9. The predicted octanol–water partition coefficient (Wildman–Crippen LogP) is 6.30. The number of aromatic nitrogens is 3. The summed E-state index contributed by atoms with van der Waals surface area (Å²) in [5.74, 6) is -0.102. The molecule has 300 valence electrons. The Morgan fingerprint density at radius 3 is 2.43 bits per heavy atom. The summed E-state index contributed by atoms with van der Waals surface area (Å²) in [4.78, 5) is 43.0. The molecule has 1 N–H and O–H groups in total. The molecule has 2 amide bonds. The largest absolute Gasteiger partial charge is 0.497 e. The maximum atomic E-state index is 15.3. The predicted molar refractivity (Wildman–Crippen MR) is 222 cm³/mol. The van der Waals surface area contributed by atoms with Crippen LogP contribution in [-0.2, 0) is 33.0 Å². The van der Waals surface area contributed by atoms with Crippen molar-refractivity contribution in [2.75, 3.05) is 30.1 Å². The molecule has 0 radical (unpaired) electrons. The molecule has 1 unspecified atom stereocenters. The SMILES string of the molecule is COc1ccc([Si](C)(C)[C@@H]2[C@@H](CCn3cc(C(CO)c4ccccc4)nn3)O[C@]3(C(=O)N(Cc4ccc(N5CCCC5=O)cc4)c4ccc([N+](=O)[O-])cc43)[C@H]2C)cc1. The third kappa shape index (κ3) is 6.78. The quantitative estimate of drug-likeness (QED) is 0.0822. The number of nitro benzene ring substituents is 1. The fourth-order valence-corrected chi connectivity index (χ4v) is 13.7. The third-order valence-electron chi connectivity index (χ3n) is 12.6. The van der Waals surface area contributed by atoms with E-state index in [2.05, 4.69) is 42.5 Å². The lowest BCUT2D eigenvalue weighted by Crippen LogP contribution is -2.51.